The fourth-order valence-electron chi connectivity index (χ4n) is 3.30. The normalized spacial score (nSPS) is 10.9. The van der Waals surface area contributed by atoms with Crippen molar-refractivity contribution in [3.63, 3.8) is 0 Å². The number of rotatable bonds is 5. The molecule has 2 aromatic heterocycles. The number of aromatic amines is 1. The summed E-state index contributed by atoms with van der Waals surface area (Å²) in [4.78, 5) is 14.6. The standard InChI is InChI=1S/C21H21N7O/c1-14-19(15(2)28(24-14)18-7-5-4-6-8-18)13-27(3)21(29)17-11-9-16(10-12-17)20-22-25-26-23-20/h4-12H,13H2,1-3H3,(H,22,23,25,26). The predicted molar refractivity (Wildman–Crippen MR) is 108 cm³/mol. The first-order chi connectivity index (χ1) is 14.0. The van der Waals surface area contributed by atoms with Gasteiger partial charge in [0, 0.05) is 36.0 Å². The molecule has 0 fully saturated rings. The number of nitrogens with one attached hydrogen (secondary N) is 1. The number of carbonyl (C=O) groups excluding carboxylic acids is 1. The quantitative estimate of drug-likeness (QED) is 0.568. The zero-order valence-electron chi connectivity index (χ0n) is 16.5. The van der Waals surface area contributed by atoms with Crippen LogP contribution in [0, 0.1) is 13.8 Å². The van der Waals surface area contributed by atoms with Gasteiger partial charge in [-0.1, -0.05) is 30.3 Å². The van der Waals surface area contributed by atoms with Crippen molar-refractivity contribution in [2.75, 3.05) is 7.05 Å². The smallest absolute Gasteiger partial charge is 0.253 e. The number of carbonyl (C=O) groups is 1. The monoisotopic (exact) mass is 387 g/mol. The van der Waals surface area contributed by atoms with Gasteiger partial charge in [-0.2, -0.15) is 10.3 Å². The van der Waals surface area contributed by atoms with Crippen molar-refractivity contribution in [2.45, 2.75) is 20.4 Å². The Morgan fingerprint density at radius 1 is 1.07 bits per heavy atom. The third kappa shape index (κ3) is 3.64. The lowest BCUT2D eigenvalue weighted by Gasteiger charge is -2.18. The van der Waals surface area contributed by atoms with Crippen LogP contribution in [0.1, 0.15) is 27.3 Å². The average molecular weight is 387 g/mol. The molecule has 1 N–H and O–H groups in total. The Kier molecular flexibility index (Phi) is 4.90. The van der Waals surface area contributed by atoms with Gasteiger partial charge in [-0.05, 0) is 43.3 Å². The molecular formula is C21H21N7O. The second-order valence-corrected chi connectivity index (χ2v) is 6.87. The molecule has 0 aliphatic carbocycles. The van der Waals surface area contributed by atoms with Gasteiger partial charge in [-0.3, -0.25) is 4.79 Å². The summed E-state index contributed by atoms with van der Waals surface area (Å²) in [6.07, 6.45) is 0. The maximum Gasteiger partial charge on any atom is 0.253 e. The number of amides is 1. The van der Waals surface area contributed by atoms with Crippen LogP contribution in [0.2, 0.25) is 0 Å². The molecule has 0 unspecified atom stereocenters. The molecule has 0 bridgehead atoms. The lowest BCUT2D eigenvalue weighted by molar-refractivity contribution is 0.0785. The molecule has 8 heteroatoms. The van der Waals surface area contributed by atoms with E-state index in [4.69, 9.17) is 0 Å². The van der Waals surface area contributed by atoms with Crippen LogP contribution in [0.15, 0.2) is 54.6 Å². The Labute approximate surface area is 168 Å². The van der Waals surface area contributed by atoms with Gasteiger partial charge in [0.05, 0.1) is 11.4 Å². The number of para-hydroxylation sites is 1. The van der Waals surface area contributed by atoms with Crippen molar-refractivity contribution in [3.8, 4) is 17.1 Å². The Bertz CT molecular complexity index is 1120. The first-order valence-corrected chi connectivity index (χ1v) is 9.24. The minimum Gasteiger partial charge on any atom is -0.337 e. The Balaban J connectivity index is 1.53. The highest BCUT2D eigenvalue weighted by Gasteiger charge is 2.18. The molecule has 29 heavy (non-hydrogen) atoms. The zero-order chi connectivity index (χ0) is 20.4. The van der Waals surface area contributed by atoms with E-state index in [-0.39, 0.29) is 5.91 Å². The molecule has 0 aliphatic rings. The molecule has 0 saturated heterocycles. The van der Waals surface area contributed by atoms with E-state index in [1.165, 1.54) is 0 Å². The highest BCUT2D eigenvalue weighted by Crippen LogP contribution is 2.20. The topological polar surface area (TPSA) is 92.6 Å². The number of tetrazole rings is 1. The Morgan fingerprint density at radius 2 is 1.79 bits per heavy atom. The number of aryl methyl sites for hydroxylation is 1. The van der Waals surface area contributed by atoms with E-state index in [0.29, 0.717) is 17.9 Å². The van der Waals surface area contributed by atoms with Gasteiger partial charge >= 0.3 is 0 Å². The summed E-state index contributed by atoms with van der Waals surface area (Å²) in [5, 5.41) is 18.5. The third-order valence-corrected chi connectivity index (χ3v) is 4.92. The fraction of sp³-hybridized carbons (Fsp3) is 0.190. The van der Waals surface area contributed by atoms with E-state index in [9.17, 15) is 4.79 Å². The molecule has 0 atom stereocenters. The predicted octanol–water partition coefficient (Wildman–Crippen LogP) is 2.94. The molecule has 146 valence electrons. The molecule has 0 radical (unpaired) electrons. The molecule has 8 nitrogen and oxygen atoms in total. The molecule has 0 spiro atoms. The summed E-state index contributed by atoms with van der Waals surface area (Å²) in [5.41, 5.74) is 5.40. The number of aromatic nitrogens is 6. The summed E-state index contributed by atoms with van der Waals surface area (Å²) in [6.45, 7) is 4.48. The highest BCUT2D eigenvalue weighted by molar-refractivity contribution is 5.94. The number of H-pyrrole nitrogens is 1. The van der Waals surface area contributed by atoms with Gasteiger partial charge in [-0.25, -0.2) is 4.68 Å². The number of nitrogens with zero attached hydrogens (tertiary/aromatic N) is 6. The Morgan fingerprint density at radius 3 is 2.45 bits per heavy atom. The van der Waals surface area contributed by atoms with E-state index >= 15 is 0 Å². The van der Waals surface area contributed by atoms with Crippen LogP contribution >= 0.6 is 0 Å². The van der Waals surface area contributed by atoms with Gasteiger partial charge in [-0.15, -0.1) is 10.2 Å². The number of benzene rings is 2. The van der Waals surface area contributed by atoms with Crippen molar-refractivity contribution in [3.05, 3.63) is 77.1 Å². The molecule has 1 amide bonds. The highest BCUT2D eigenvalue weighted by atomic mass is 16.2. The summed E-state index contributed by atoms with van der Waals surface area (Å²) in [7, 11) is 1.80. The fourth-order valence-corrected chi connectivity index (χ4v) is 3.30. The molecule has 4 rings (SSSR count). The van der Waals surface area contributed by atoms with Crippen LogP contribution in [0.4, 0.5) is 0 Å². The zero-order valence-corrected chi connectivity index (χ0v) is 16.5. The van der Waals surface area contributed by atoms with Crippen LogP contribution in [0.5, 0.6) is 0 Å². The maximum atomic E-state index is 12.9. The summed E-state index contributed by atoms with van der Waals surface area (Å²) in [5.74, 6) is 0.438. The minimum absolute atomic E-state index is 0.0593. The molecule has 2 aromatic carbocycles. The van der Waals surface area contributed by atoms with Crippen LogP contribution < -0.4 is 0 Å². The van der Waals surface area contributed by atoms with E-state index in [2.05, 4.69) is 25.7 Å². The number of hydrogen-bond acceptors (Lipinski definition) is 5. The van der Waals surface area contributed by atoms with Crippen molar-refractivity contribution in [1.82, 2.24) is 35.3 Å². The van der Waals surface area contributed by atoms with Crippen molar-refractivity contribution < 1.29 is 4.79 Å². The van der Waals surface area contributed by atoms with Crippen molar-refractivity contribution >= 4 is 5.91 Å². The molecular weight excluding hydrogens is 366 g/mol. The third-order valence-electron chi connectivity index (χ3n) is 4.92. The second kappa shape index (κ2) is 7.67. The van der Waals surface area contributed by atoms with E-state index in [0.717, 1.165) is 28.2 Å². The second-order valence-electron chi connectivity index (χ2n) is 6.87. The summed E-state index contributed by atoms with van der Waals surface area (Å²) >= 11 is 0. The SMILES string of the molecule is Cc1nn(-c2ccccc2)c(C)c1CN(C)C(=O)c1ccc(-c2nn[nH]n2)cc1. The van der Waals surface area contributed by atoms with Crippen LogP contribution in [0.3, 0.4) is 0 Å². The molecule has 0 aliphatic heterocycles. The molecule has 0 saturated carbocycles. The molecule has 2 heterocycles. The first-order valence-electron chi connectivity index (χ1n) is 9.24. The van der Waals surface area contributed by atoms with E-state index < -0.39 is 0 Å². The summed E-state index contributed by atoms with van der Waals surface area (Å²) < 4.78 is 1.92. The maximum absolute atomic E-state index is 12.9. The van der Waals surface area contributed by atoms with E-state index in [1.807, 2.05) is 61.0 Å². The van der Waals surface area contributed by atoms with Gasteiger partial charge in [0.25, 0.3) is 5.91 Å². The van der Waals surface area contributed by atoms with Crippen LogP contribution in [0.25, 0.3) is 17.1 Å². The minimum atomic E-state index is -0.0593. The average Bonchev–Trinajstić information content (AvgIpc) is 3.38. The largest absolute Gasteiger partial charge is 0.337 e. The van der Waals surface area contributed by atoms with Gasteiger partial charge in [0.1, 0.15) is 0 Å². The van der Waals surface area contributed by atoms with Crippen LogP contribution in [-0.2, 0) is 6.54 Å². The van der Waals surface area contributed by atoms with Gasteiger partial charge < -0.3 is 4.90 Å². The number of hydrogen-bond donors (Lipinski definition) is 1. The lowest BCUT2D eigenvalue weighted by atomic mass is 10.1. The Hall–Kier alpha value is -3.81. The molecule has 4 aromatic rings. The van der Waals surface area contributed by atoms with Crippen molar-refractivity contribution in [2.24, 2.45) is 0 Å². The van der Waals surface area contributed by atoms with Gasteiger partial charge in [0.2, 0.25) is 5.82 Å². The lowest BCUT2D eigenvalue weighted by Crippen LogP contribution is -2.26. The van der Waals surface area contributed by atoms with Crippen LogP contribution in [-0.4, -0.2) is 48.3 Å². The van der Waals surface area contributed by atoms with Crippen molar-refractivity contribution in [1.29, 1.82) is 0 Å². The van der Waals surface area contributed by atoms with Gasteiger partial charge in [0.15, 0.2) is 0 Å². The van der Waals surface area contributed by atoms with E-state index in [1.54, 1.807) is 24.1 Å². The summed E-state index contributed by atoms with van der Waals surface area (Å²) in [6, 6.07) is 17.2. The first kappa shape index (κ1) is 18.5.